The minimum atomic E-state index is -0.865. The molecule has 1 aliphatic rings. The topological polar surface area (TPSA) is 73.6 Å². The van der Waals surface area contributed by atoms with Gasteiger partial charge in [0.15, 0.2) is 5.79 Å². The highest BCUT2D eigenvalue weighted by Gasteiger charge is 2.30. The number of rotatable bonds is 7. The van der Waals surface area contributed by atoms with Crippen LogP contribution >= 0.6 is 11.6 Å². The second kappa shape index (κ2) is 8.44. The molecule has 0 bridgehead atoms. The van der Waals surface area contributed by atoms with Crippen molar-refractivity contribution in [3.63, 3.8) is 0 Å². The lowest BCUT2D eigenvalue weighted by molar-refractivity contribution is -0.207. The molecule has 0 spiro atoms. The molecule has 130 valence electrons. The first kappa shape index (κ1) is 18.7. The average Bonchev–Trinajstić information content (AvgIpc) is 2.56. The van der Waals surface area contributed by atoms with Gasteiger partial charge in [-0.15, -0.1) is 0 Å². The lowest BCUT2D eigenvalue weighted by Crippen LogP contribution is -2.40. The van der Waals surface area contributed by atoms with Gasteiger partial charge in [-0.05, 0) is 37.6 Å². The van der Waals surface area contributed by atoms with Crippen molar-refractivity contribution in [2.24, 2.45) is 5.73 Å². The van der Waals surface area contributed by atoms with Crippen LogP contribution in [-0.4, -0.2) is 24.3 Å². The van der Waals surface area contributed by atoms with Crippen LogP contribution in [0.1, 0.15) is 25.8 Å². The zero-order valence-electron chi connectivity index (χ0n) is 13.9. The normalized spacial score (nSPS) is 21.2. The summed E-state index contributed by atoms with van der Waals surface area (Å²) in [5.41, 5.74) is 7.14. The van der Waals surface area contributed by atoms with Gasteiger partial charge in [0.1, 0.15) is 0 Å². The first-order valence-electron chi connectivity index (χ1n) is 7.93. The monoisotopic (exact) mass is 350 g/mol. The largest absolute Gasteiger partial charge is 0.346 e. The minimum Gasteiger partial charge on any atom is -0.346 e. The van der Waals surface area contributed by atoms with Gasteiger partial charge in [-0.3, -0.25) is 4.79 Å². The molecule has 2 atom stereocenters. The van der Waals surface area contributed by atoms with Crippen LogP contribution in [0.15, 0.2) is 48.2 Å². The molecule has 5 nitrogen and oxygen atoms in total. The predicted molar refractivity (Wildman–Crippen MR) is 94.2 cm³/mol. The Balaban J connectivity index is 2.03. The van der Waals surface area contributed by atoms with E-state index in [4.69, 9.17) is 26.8 Å². The number of benzene rings is 1. The Kier molecular flexibility index (Phi) is 6.57. The summed E-state index contributed by atoms with van der Waals surface area (Å²) in [6.07, 6.45) is 5.93. The smallest absolute Gasteiger partial charge is 0.240 e. The Bertz CT molecular complexity index is 643. The van der Waals surface area contributed by atoms with E-state index in [0.29, 0.717) is 30.4 Å². The molecule has 0 radical (unpaired) electrons. The number of carbonyl (C=O) groups excluding carboxylic acids is 1. The molecule has 1 amide bonds. The summed E-state index contributed by atoms with van der Waals surface area (Å²) in [5.74, 6) is -1.09. The van der Waals surface area contributed by atoms with Crippen molar-refractivity contribution >= 4 is 17.5 Å². The predicted octanol–water partition coefficient (Wildman–Crippen LogP) is 2.90. The van der Waals surface area contributed by atoms with E-state index in [1.54, 1.807) is 13.0 Å². The second-order valence-corrected chi connectivity index (χ2v) is 6.01. The number of nitrogens with two attached hydrogens (primary N) is 1. The van der Waals surface area contributed by atoms with Gasteiger partial charge >= 0.3 is 0 Å². The quantitative estimate of drug-likeness (QED) is 0.741. The summed E-state index contributed by atoms with van der Waals surface area (Å²) in [6, 6.07) is 6.97. The molecule has 1 aliphatic carbocycles. The van der Waals surface area contributed by atoms with Crippen molar-refractivity contribution < 1.29 is 14.3 Å². The standard InChI is InChI=1S/C18H23ClN2O3/c1-3-23-18(24-12-14-6-4-5-7-16(14)19)10-8-15(9-11-18)21-17(22)13(2)20/h4-10,13H,3,11-12,20H2,1-2H3,(H,21,22). The first-order valence-corrected chi connectivity index (χ1v) is 8.31. The second-order valence-electron chi connectivity index (χ2n) is 5.60. The van der Waals surface area contributed by atoms with Crippen LogP contribution in [0.4, 0.5) is 0 Å². The van der Waals surface area contributed by atoms with E-state index in [9.17, 15) is 4.79 Å². The Morgan fingerprint density at radius 2 is 2.17 bits per heavy atom. The van der Waals surface area contributed by atoms with E-state index in [-0.39, 0.29) is 5.91 Å². The fraction of sp³-hybridized carbons (Fsp3) is 0.389. The van der Waals surface area contributed by atoms with Crippen molar-refractivity contribution in [2.75, 3.05) is 6.61 Å². The molecule has 1 aromatic rings. The van der Waals surface area contributed by atoms with Gasteiger partial charge in [0, 0.05) is 23.7 Å². The number of hydrogen-bond acceptors (Lipinski definition) is 4. The van der Waals surface area contributed by atoms with Crippen molar-refractivity contribution in [3.8, 4) is 0 Å². The number of nitrogens with one attached hydrogen (secondary N) is 1. The molecule has 24 heavy (non-hydrogen) atoms. The molecule has 0 heterocycles. The number of allylic oxidation sites excluding steroid dienone is 1. The van der Waals surface area contributed by atoms with Crippen LogP contribution in [0.2, 0.25) is 5.02 Å². The minimum absolute atomic E-state index is 0.230. The summed E-state index contributed by atoms with van der Waals surface area (Å²) in [5, 5.41) is 3.42. The van der Waals surface area contributed by atoms with E-state index >= 15 is 0 Å². The third-order valence-corrected chi connectivity index (χ3v) is 3.99. The molecule has 0 fully saturated rings. The van der Waals surface area contributed by atoms with Gasteiger partial charge in [-0.25, -0.2) is 0 Å². The zero-order valence-corrected chi connectivity index (χ0v) is 14.7. The van der Waals surface area contributed by atoms with Gasteiger partial charge in [-0.1, -0.05) is 35.9 Å². The number of amides is 1. The van der Waals surface area contributed by atoms with E-state index in [2.05, 4.69) is 5.32 Å². The molecule has 0 aliphatic heterocycles. The maximum Gasteiger partial charge on any atom is 0.240 e. The lowest BCUT2D eigenvalue weighted by atomic mass is 10.0. The van der Waals surface area contributed by atoms with Gasteiger partial charge in [0.2, 0.25) is 5.91 Å². The van der Waals surface area contributed by atoms with Gasteiger partial charge < -0.3 is 20.5 Å². The van der Waals surface area contributed by atoms with Crippen LogP contribution in [0.5, 0.6) is 0 Å². The fourth-order valence-electron chi connectivity index (χ4n) is 2.27. The number of carbonyl (C=O) groups is 1. The van der Waals surface area contributed by atoms with Crippen LogP contribution in [0.3, 0.4) is 0 Å². The van der Waals surface area contributed by atoms with Crippen molar-refractivity contribution in [2.45, 2.75) is 38.7 Å². The van der Waals surface area contributed by atoms with Gasteiger partial charge in [0.05, 0.1) is 12.6 Å². The number of halogens is 1. The molecular weight excluding hydrogens is 328 g/mol. The highest BCUT2D eigenvalue weighted by Crippen LogP contribution is 2.28. The third-order valence-electron chi connectivity index (χ3n) is 3.62. The molecule has 0 aromatic heterocycles. The van der Waals surface area contributed by atoms with E-state index in [0.717, 1.165) is 5.56 Å². The van der Waals surface area contributed by atoms with Gasteiger partial charge in [-0.2, -0.15) is 0 Å². The number of hydrogen-bond donors (Lipinski definition) is 2. The molecule has 0 saturated heterocycles. The molecule has 3 N–H and O–H groups in total. The first-order chi connectivity index (χ1) is 11.5. The Hall–Kier alpha value is -1.66. The van der Waals surface area contributed by atoms with Crippen molar-refractivity contribution in [3.05, 3.63) is 58.8 Å². The maximum atomic E-state index is 11.7. The highest BCUT2D eigenvalue weighted by molar-refractivity contribution is 6.31. The van der Waals surface area contributed by atoms with E-state index in [1.165, 1.54) is 0 Å². The molecular formula is C18H23ClN2O3. The number of ether oxygens (including phenoxy) is 2. The Morgan fingerprint density at radius 3 is 2.75 bits per heavy atom. The average molecular weight is 351 g/mol. The summed E-state index contributed by atoms with van der Waals surface area (Å²) in [4.78, 5) is 11.7. The van der Waals surface area contributed by atoms with E-state index in [1.807, 2.05) is 43.3 Å². The molecule has 6 heteroatoms. The zero-order chi connectivity index (χ0) is 17.6. The van der Waals surface area contributed by atoms with Crippen LogP contribution in [0, 0.1) is 0 Å². The maximum absolute atomic E-state index is 11.7. The van der Waals surface area contributed by atoms with Crippen molar-refractivity contribution in [1.82, 2.24) is 5.32 Å². The molecule has 1 aromatic carbocycles. The SMILES string of the molecule is CCOC1(OCc2ccccc2Cl)C=CC(NC(=O)C(C)N)=CC1. The Labute approximate surface area is 147 Å². The summed E-state index contributed by atoms with van der Waals surface area (Å²) < 4.78 is 11.8. The summed E-state index contributed by atoms with van der Waals surface area (Å²) in [6.45, 7) is 4.38. The molecule has 2 unspecified atom stereocenters. The van der Waals surface area contributed by atoms with Gasteiger partial charge in [0.25, 0.3) is 0 Å². The lowest BCUT2D eigenvalue weighted by Gasteiger charge is -2.32. The molecule has 0 saturated carbocycles. The molecule has 2 rings (SSSR count). The summed E-state index contributed by atoms with van der Waals surface area (Å²) in [7, 11) is 0. The van der Waals surface area contributed by atoms with Crippen LogP contribution < -0.4 is 11.1 Å². The van der Waals surface area contributed by atoms with Crippen LogP contribution in [-0.2, 0) is 20.9 Å². The summed E-state index contributed by atoms with van der Waals surface area (Å²) >= 11 is 6.16. The van der Waals surface area contributed by atoms with Crippen LogP contribution in [0.25, 0.3) is 0 Å². The van der Waals surface area contributed by atoms with Crippen molar-refractivity contribution in [1.29, 1.82) is 0 Å². The third kappa shape index (κ3) is 4.92. The Morgan fingerprint density at radius 1 is 1.42 bits per heavy atom. The van der Waals surface area contributed by atoms with E-state index < -0.39 is 11.8 Å². The highest BCUT2D eigenvalue weighted by atomic mass is 35.5. The fourth-order valence-corrected chi connectivity index (χ4v) is 2.46.